The van der Waals surface area contributed by atoms with Crippen molar-refractivity contribution in [1.82, 2.24) is 15.2 Å². The average Bonchev–Trinajstić information content (AvgIpc) is 3.34. The van der Waals surface area contributed by atoms with E-state index in [1.54, 1.807) is 29.4 Å². The number of nitrogens with zero attached hydrogens (tertiary/aromatic N) is 3. The van der Waals surface area contributed by atoms with Crippen LogP contribution in [0.25, 0.3) is 11.1 Å². The number of anilines is 2. The van der Waals surface area contributed by atoms with Gasteiger partial charge in [-0.3, -0.25) is 14.8 Å². The fourth-order valence-electron chi connectivity index (χ4n) is 3.38. The van der Waals surface area contributed by atoms with Gasteiger partial charge in [-0.1, -0.05) is 0 Å². The van der Waals surface area contributed by atoms with Crippen LogP contribution in [0.3, 0.4) is 0 Å². The lowest BCUT2D eigenvalue weighted by Crippen LogP contribution is -2.34. The molecule has 0 radical (unpaired) electrons. The van der Waals surface area contributed by atoms with Crippen molar-refractivity contribution in [2.24, 2.45) is 0 Å². The van der Waals surface area contributed by atoms with Crippen molar-refractivity contribution in [3.05, 3.63) is 54.2 Å². The number of amides is 1. The van der Waals surface area contributed by atoms with Crippen molar-refractivity contribution < 1.29 is 13.9 Å². The third kappa shape index (κ3) is 3.28. The molecule has 1 amide bonds. The van der Waals surface area contributed by atoms with E-state index in [-0.39, 0.29) is 11.7 Å². The highest BCUT2D eigenvalue weighted by molar-refractivity contribution is 6.00. The number of hydrogen-bond donors (Lipinski definition) is 2. The maximum absolute atomic E-state index is 13.6. The Hall–Kier alpha value is -3.42. The standard InChI is InChI=1S/C20H20FN5O2/c1-12-7-19(22-11-15(12)13-9-23-24-10-13)26-6-5-17(20(26)27)25-14-3-4-16(21)18(8-14)28-2/h3-4,7-11,17,25H,5-6H2,1-2H3,(H,23,24). The number of methoxy groups -OCH3 is 1. The molecule has 0 bridgehead atoms. The van der Waals surface area contributed by atoms with Crippen LogP contribution in [-0.2, 0) is 4.79 Å². The third-order valence-electron chi connectivity index (χ3n) is 4.88. The summed E-state index contributed by atoms with van der Waals surface area (Å²) in [5.74, 6) is 0.256. The highest BCUT2D eigenvalue weighted by Gasteiger charge is 2.33. The van der Waals surface area contributed by atoms with Gasteiger partial charge in [0.1, 0.15) is 11.9 Å². The predicted molar refractivity (Wildman–Crippen MR) is 104 cm³/mol. The number of nitrogens with one attached hydrogen (secondary N) is 2. The minimum atomic E-state index is -0.440. The molecule has 1 atom stereocenters. The SMILES string of the molecule is COc1cc(NC2CCN(c3cc(C)c(-c4cn[nH]c4)cn3)C2=O)ccc1F. The monoisotopic (exact) mass is 381 g/mol. The Morgan fingerprint density at radius 3 is 2.89 bits per heavy atom. The minimum absolute atomic E-state index is 0.0637. The lowest BCUT2D eigenvalue weighted by molar-refractivity contribution is -0.117. The molecule has 3 heterocycles. The molecule has 1 aliphatic heterocycles. The summed E-state index contributed by atoms with van der Waals surface area (Å²) in [6.07, 6.45) is 5.93. The largest absolute Gasteiger partial charge is 0.494 e. The Morgan fingerprint density at radius 1 is 1.32 bits per heavy atom. The molecule has 0 spiro atoms. The second kappa shape index (κ2) is 7.30. The van der Waals surface area contributed by atoms with E-state index in [1.807, 2.05) is 19.2 Å². The van der Waals surface area contributed by atoms with Gasteiger partial charge in [-0.25, -0.2) is 9.37 Å². The van der Waals surface area contributed by atoms with E-state index < -0.39 is 11.9 Å². The van der Waals surface area contributed by atoms with Crippen LogP contribution >= 0.6 is 0 Å². The molecule has 0 aliphatic carbocycles. The molecular weight excluding hydrogens is 361 g/mol. The summed E-state index contributed by atoms with van der Waals surface area (Å²) < 4.78 is 18.6. The average molecular weight is 381 g/mol. The van der Waals surface area contributed by atoms with Gasteiger partial charge in [0.05, 0.1) is 13.3 Å². The second-order valence-electron chi connectivity index (χ2n) is 6.67. The maximum atomic E-state index is 13.6. The van der Waals surface area contributed by atoms with Crippen LogP contribution in [0, 0.1) is 12.7 Å². The molecule has 2 N–H and O–H groups in total. The van der Waals surface area contributed by atoms with Gasteiger partial charge < -0.3 is 10.1 Å². The molecule has 1 unspecified atom stereocenters. The van der Waals surface area contributed by atoms with Crippen LogP contribution in [-0.4, -0.2) is 40.8 Å². The van der Waals surface area contributed by atoms with E-state index in [4.69, 9.17) is 4.74 Å². The molecule has 28 heavy (non-hydrogen) atoms. The van der Waals surface area contributed by atoms with Crippen molar-refractivity contribution in [3.63, 3.8) is 0 Å². The number of benzene rings is 1. The van der Waals surface area contributed by atoms with Crippen molar-refractivity contribution in [3.8, 4) is 16.9 Å². The molecule has 0 saturated carbocycles. The summed E-state index contributed by atoms with van der Waals surface area (Å²) >= 11 is 0. The second-order valence-corrected chi connectivity index (χ2v) is 6.67. The fraction of sp³-hybridized carbons (Fsp3) is 0.250. The number of H-pyrrole nitrogens is 1. The third-order valence-corrected chi connectivity index (χ3v) is 4.88. The van der Waals surface area contributed by atoms with Crippen LogP contribution < -0.4 is 15.0 Å². The molecule has 8 heteroatoms. The van der Waals surface area contributed by atoms with E-state index in [0.29, 0.717) is 24.5 Å². The molecular formula is C20H20FN5O2. The summed E-state index contributed by atoms with van der Waals surface area (Å²) in [6.45, 7) is 2.54. The molecule has 1 fully saturated rings. The minimum Gasteiger partial charge on any atom is -0.494 e. The Labute approximate surface area is 161 Å². The maximum Gasteiger partial charge on any atom is 0.250 e. The zero-order chi connectivity index (χ0) is 19.7. The van der Waals surface area contributed by atoms with Gasteiger partial charge in [0.15, 0.2) is 11.6 Å². The quantitative estimate of drug-likeness (QED) is 0.709. The van der Waals surface area contributed by atoms with Crippen LogP contribution in [0.4, 0.5) is 15.9 Å². The van der Waals surface area contributed by atoms with Crippen LogP contribution in [0.5, 0.6) is 5.75 Å². The van der Waals surface area contributed by atoms with Crippen LogP contribution in [0.1, 0.15) is 12.0 Å². The number of aromatic amines is 1. The van der Waals surface area contributed by atoms with Crippen LogP contribution in [0.2, 0.25) is 0 Å². The highest BCUT2D eigenvalue weighted by atomic mass is 19.1. The van der Waals surface area contributed by atoms with Crippen molar-refractivity contribution in [2.75, 3.05) is 23.9 Å². The smallest absolute Gasteiger partial charge is 0.250 e. The lowest BCUT2D eigenvalue weighted by atomic mass is 10.1. The van der Waals surface area contributed by atoms with Gasteiger partial charge in [-0.15, -0.1) is 0 Å². The predicted octanol–water partition coefficient (Wildman–Crippen LogP) is 3.15. The summed E-state index contributed by atoms with van der Waals surface area (Å²) in [5.41, 5.74) is 3.57. The molecule has 4 rings (SSSR count). The first-order chi connectivity index (χ1) is 13.6. The first kappa shape index (κ1) is 18.0. The lowest BCUT2D eigenvalue weighted by Gasteiger charge is -2.18. The first-order valence-electron chi connectivity index (χ1n) is 8.94. The Kier molecular flexibility index (Phi) is 4.68. The van der Waals surface area contributed by atoms with Crippen molar-refractivity contribution >= 4 is 17.4 Å². The Morgan fingerprint density at radius 2 is 2.18 bits per heavy atom. The summed E-state index contributed by atoms with van der Waals surface area (Å²) in [7, 11) is 1.41. The zero-order valence-corrected chi connectivity index (χ0v) is 15.6. The van der Waals surface area contributed by atoms with E-state index >= 15 is 0 Å². The Balaban J connectivity index is 1.51. The van der Waals surface area contributed by atoms with E-state index in [0.717, 1.165) is 16.7 Å². The molecule has 7 nitrogen and oxygen atoms in total. The summed E-state index contributed by atoms with van der Waals surface area (Å²) in [6, 6.07) is 5.97. The van der Waals surface area contributed by atoms with E-state index in [1.165, 1.54) is 13.2 Å². The van der Waals surface area contributed by atoms with Gasteiger partial charge in [0.25, 0.3) is 5.91 Å². The molecule has 3 aromatic rings. The summed E-state index contributed by atoms with van der Waals surface area (Å²) in [5, 5.41) is 9.91. The van der Waals surface area contributed by atoms with Gasteiger partial charge in [0, 0.05) is 41.8 Å². The highest BCUT2D eigenvalue weighted by Crippen LogP contribution is 2.28. The number of aromatic nitrogens is 3. The van der Waals surface area contributed by atoms with Gasteiger partial charge in [0.2, 0.25) is 0 Å². The molecule has 1 saturated heterocycles. The number of pyridine rings is 1. The number of carbonyl (C=O) groups is 1. The van der Waals surface area contributed by atoms with Gasteiger partial charge in [-0.05, 0) is 37.1 Å². The zero-order valence-electron chi connectivity index (χ0n) is 15.6. The number of rotatable bonds is 5. The fourth-order valence-corrected chi connectivity index (χ4v) is 3.38. The van der Waals surface area contributed by atoms with E-state index in [9.17, 15) is 9.18 Å². The topological polar surface area (TPSA) is 83.1 Å². The van der Waals surface area contributed by atoms with Crippen molar-refractivity contribution in [2.45, 2.75) is 19.4 Å². The number of ether oxygens (including phenoxy) is 1. The number of carbonyl (C=O) groups excluding carboxylic acids is 1. The number of halogens is 1. The van der Waals surface area contributed by atoms with Crippen LogP contribution in [0.15, 0.2) is 42.9 Å². The van der Waals surface area contributed by atoms with Crippen molar-refractivity contribution in [1.29, 1.82) is 0 Å². The molecule has 1 aromatic carbocycles. The summed E-state index contributed by atoms with van der Waals surface area (Å²) in [4.78, 5) is 19.0. The Bertz CT molecular complexity index is 1010. The number of hydrogen-bond acceptors (Lipinski definition) is 5. The first-order valence-corrected chi connectivity index (χ1v) is 8.94. The van der Waals surface area contributed by atoms with E-state index in [2.05, 4.69) is 20.5 Å². The molecule has 2 aromatic heterocycles. The van der Waals surface area contributed by atoms with Gasteiger partial charge in [-0.2, -0.15) is 5.10 Å². The number of aryl methyl sites for hydroxylation is 1. The van der Waals surface area contributed by atoms with Gasteiger partial charge >= 0.3 is 0 Å². The normalized spacial score (nSPS) is 16.5. The molecule has 144 valence electrons. The molecule has 1 aliphatic rings.